The van der Waals surface area contributed by atoms with E-state index in [1.165, 1.54) is 12.1 Å². The molecule has 4 heteroatoms. The summed E-state index contributed by atoms with van der Waals surface area (Å²) < 4.78 is 20.8. The Balaban J connectivity index is 1.96. The van der Waals surface area contributed by atoms with Gasteiger partial charge in [-0.2, -0.15) is 0 Å². The second-order valence-electron chi connectivity index (χ2n) is 4.74. The lowest BCUT2D eigenvalue weighted by atomic mass is 10.1. The van der Waals surface area contributed by atoms with Gasteiger partial charge >= 0.3 is 0 Å². The molecule has 108 valence electrons. The molecule has 21 heavy (non-hydrogen) atoms. The molecule has 0 aliphatic rings. The molecule has 0 unspecified atom stereocenters. The third kappa shape index (κ3) is 3.20. The van der Waals surface area contributed by atoms with E-state index in [-0.39, 0.29) is 11.9 Å². The fourth-order valence-corrected chi connectivity index (χ4v) is 3.35. The lowest BCUT2D eigenvalue weighted by molar-refractivity contribution is 0.204. The molecular weight excluding hydrogens is 307 g/mol. The van der Waals surface area contributed by atoms with E-state index in [2.05, 4.69) is 0 Å². The van der Waals surface area contributed by atoms with Crippen LogP contribution in [-0.4, -0.2) is 5.88 Å². The molecule has 1 atom stereocenters. The fraction of sp³-hybridized carbons (Fsp3) is 0.176. The highest BCUT2D eigenvalue weighted by Gasteiger charge is 2.15. The number of thiophene rings is 1. The smallest absolute Gasteiger partial charge is 0.140 e. The van der Waals surface area contributed by atoms with Crippen molar-refractivity contribution in [3.8, 4) is 5.75 Å². The van der Waals surface area contributed by atoms with E-state index in [1.807, 2.05) is 41.8 Å². The van der Waals surface area contributed by atoms with Gasteiger partial charge in [-0.05, 0) is 28.5 Å². The Morgan fingerprint density at radius 1 is 1.14 bits per heavy atom. The molecule has 0 radical (unpaired) electrons. The minimum absolute atomic E-state index is 0.171. The highest BCUT2D eigenvalue weighted by molar-refractivity contribution is 7.17. The summed E-state index contributed by atoms with van der Waals surface area (Å²) in [7, 11) is 0. The van der Waals surface area contributed by atoms with Crippen LogP contribution in [0.1, 0.15) is 18.1 Å². The van der Waals surface area contributed by atoms with Gasteiger partial charge in [-0.3, -0.25) is 0 Å². The van der Waals surface area contributed by atoms with Crippen LogP contribution in [0.2, 0.25) is 0 Å². The van der Waals surface area contributed by atoms with Crippen LogP contribution in [-0.2, 0) is 0 Å². The first-order chi connectivity index (χ1) is 10.3. The number of hydrogen-bond acceptors (Lipinski definition) is 2. The largest absolute Gasteiger partial charge is 0.484 e. The molecule has 1 heterocycles. The zero-order valence-corrected chi connectivity index (χ0v) is 12.8. The first-order valence-electron chi connectivity index (χ1n) is 6.72. The third-order valence-corrected chi connectivity index (χ3v) is 4.46. The Labute approximate surface area is 131 Å². The third-order valence-electron chi connectivity index (χ3n) is 3.29. The summed E-state index contributed by atoms with van der Waals surface area (Å²) in [5.41, 5.74) is 1.05. The Morgan fingerprint density at radius 3 is 2.71 bits per heavy atom. The van der Waals surface area contributed by atoms with Gasteiger partial charge in [-0.1, -0.05) is 30.3 Å². The zero-order chi connectivity index (χ0) is 14.7. The van der Waals surface area contributed by atoms with Gasteiger partial charge in [0.25, 0.3) is 0 Å². The van der Waals surface area contributed by atoms with Crippen molar-refractivity contribution in [2.45, 2.75) is 12.5 Å². The van der Waals surface area contributed by atoms with Crippen LogP contribution in [0, 0.1) is 5.82 Å². The molecule has 0 bridgehead atoms. The molecule has 0 saturated heterocycles. The predicted molar refractivity (Wildman–Crippen MR) is 86.9 cm³/mol. The lowest BCUT2D eigenvalue weighted by Crippen LogP contribution is -2.08. The van der Waals surface area contributed by atoms with Crippen LogP contribution in [0.4, 0.5) is 4.39 Å². The molecule has 0 aliphatic carbocycles. The van der Waals surface area contributed by atoms with Gasteiger partial charge in [-0.25, -0.2) is 4.39 Å². The van der Waals surface area contributed by atoms with Gasteiger partial charge in [0.2, 0.25) is 0 Å². The highest BCUT2D eigenvalue weighted by atomic mass is 35.5. The minimum atomic E-state index is -0.284. The Hall–Kier alpha value is -1.58. The summed E-state index contributed by atoms with van der Waals surface area (Å²) in [4.78, 5) is 0. The average molecular weight is 321 g/mol. The lowest BCUT2D eigenvalue weighted by Gasteiger charge is -2.19. The van der Waals surface area contributed by atoms with Crippen molar-refractivity contribution in [1.29, 1.82) is 0 Å². The maximum atomic E-state index is 13.7. The summed E-state index contributed by atoms with van der Waals surface area (Å²) in [5.74, 6) is 0.787. The molecule has 0 amide bonds. The van der Waals surface area contributed by atoms with Crippen LogP contribution in [0.5, 0.6) is 5.75 Å². The van der Waals surface area contributed by atoms with Gasteiger partial charge < -0.3 is 4.74 Å². The molecule has 3 aromatic rings. The summed E-state index contributed by atoms with van der Waals surface area (Å²) in [6.07, 6.45) is 0.505. The molecule has 1 nitrogen and oxygen atoms in total. The number of benzene rings is 2. The standard InChI is InChI=1S/C17H14ClFOS/c18-8-6-15(12-4-2-1-3-5-12)20-16-11-14(19)10-13-7-9-21-17(13)16/h1-5,7,9-11,15H,6,8H2/t15-/m1/s1. The SMILES string of the molecule is Fc1cc(O[C@H](CCCl)c2ccccc2)c2sccc2c1. The second-order valence-corrected chi connectivity index (χ2v) is 6.03. The molecule has 2 aromatic carbocycles. The van der Waals surface area contributed by atoms with Crippen LogP contribution in [0.15, 0.2) is 53.9 Å². The van der Waals surface area contributed by atoms with Crippen molar-refractivity contribution >= 4 is 33.0 Å². The van der Waals surface area contributed by atoms with Crippen molar-refractivity contribution < 1.29 is 9.13 Å². The Bertz CT molecular complexity index is 726. The monoisotopic (exact) mass is 320 g/mol. The van der Waals surface area contributed by atoms with Gasteiger partial charge in [0.15, 0.2) is 0 Å². The zero-order valence-electron chi connectivity index (χ0n) is 11.3. The quantitative estimate of drug-likeness (QED) is 0.541. The highest BCUT2D eigenvalue weighted by Crippen LogP contribution is 2.35. The summed E-state index contributed by atoms with van der Waals surface area (Å²) in [5, 5.41) is 2.81. The molecule has 0 fully saturated rings. The number of alkyl halides is 1. The molecule has 0 N–H and O–H groups in total. The van der Waals surface area contributed by atoms with Gasteiger partial charge in [0.05, 0.1) is 4.70 Å². The van der Waals surface area contributed by atoms with E-state index in [1.54, 1.807) is 11.3 Å². The maximum absolute atomic E-state index is 13.7. The Kier molecular flexibility index (Phi) is 4.42. The van der Waals surface area contributed by atoms with Crippen LogP contribution in [0.25, 0.3) is 10.1 Å². The number of halogens is 2. The van der Waals surface area contributed by atoms with Crippen molar-refractivity contribution in [2.75, 3.05) is 5.88 Å². The molecule has 1 aromatic heterocycles. The molecule has 0 spiro atoms. The Morgan fingerprint density at radius 2 is 1.95 bits per heavy atom. The van der Waals surface area contributed by atoms with E-state index in [0.29, 0.717) is 18.1 Å². The van der Waals surface area contributed by atoms with Crippen LogP contribution >= 0.6 is 22.9 Å². The normalized spacial score (nSPS) is 12.5. The van der Waals surface area contributed by atoms with Crippen molar-refractivity contribution in [2.24, 2.45) is 0 Å². The van der Waals surface area contributed by atoms with Gasteiger partial charge in [0.1, 0.15) is 17.7 Å². The van der Waals surface area contributed by atoms with Crippen molar-refractivity contribution in [3.63, 3.8) is 0 Å². The van der Waals surface area contributed by atoms with Gasteiger partial charge in [0, 0.05) is 18.4 Å². The molecule has 0 aliphatic heterocycles. The number of fused-ring (bicyclic) bond motifs is 1. The topological polar surface area (TPSA) is 9.23 Å². The number of rotatable bonds is 5. The van der Waals surface area contributed by atoms with E-state index in [0.717, 1.165) is 15.6 Å². The van der Waals surface area contributed by atoms with E-state index in [9.17, 15) is 4.39 Å². The van der Waals surface area contributed by atoms with E-state index in [4.69, 9.17) is 16.3 Å². The molecule has 3 rings (SSSR count). The predicted octanol–water partition coefficient (Wildman–Crippen LogP) is 5.79. The van der Waals surface area contributed by atoms with Crippen molar-refractivity contribution in [1.82, 2.24) is 0 Å². The second kappa shape index (κ2) is 6.46. The first kappa shape index (κ1) is 14.4. The van der Waals surface area contributed by atoms with Crippen LogP contribution < -0.4 is 4.74 Å². The summed E-state index contributed by atoms with van der Waals surface area (Å²) in [6, 6.07) is 14.8. The number of hydrogen-bond donors (Lipinski definition) is 0. The first-order valence-corrected chi connectivity index (χ1v) is 8.13. The van der Waals surface area contributed by atoms with Crippen molar-refractivity contribution in [3.05, 3.63) is 65.3 Å². The van der Waals surface area contributed by atoms with Crippen LogP contribution in [0.3, 0.4) is 0 Å². The summed E-state index contributed by atoms with van der Waals surface area (Å²) >= 11 is 7.44. The number of ether oxygens (including phenoxy) is 1. The molecular formula is C17H14ClFOS. The average Bonchev–Trinajstić information content (AvgIpc) is 2.96. The maximum Gasteiger partial charge on any atom is 0.140 e. The van der Waals surface area contributed by atoms with Gasteiger partial charge in [-0.15, -0.1) is 22.9 Å². The summed E-state index contributed by atoms with van der Waals surface area (Å²) in [6.45, 7) is 0. The minimum Gasteiger partial charge on any atom is -0.484 e. The molecule has 0 saturated carbocycles. The van der Waals surface area contributed by atoms with E-state index < -0.39 is 0 Å². The van der Waals surface area contributed by atoms with E-state index >= 15 is 0 Å². The fourth-order valence-electron chi connectivity index (χ4n) is 2.32.